The second-order valence-electron chi connectivity index (χ2n) is 5.62. The highest BCUT2D eigenvalue weighted by molar-refractivity contribution is 5.16. The Bertz CT molecular complexity index is 484. The average molecular weight is 288 g/mol. The molecule has 0 aliphatic rings. The van der Waals surface area contributed by atoms with Gasteiger partial charge in [0.15, 0.2) is 0 Å². The zero-order chi connectivity index (χ0) is 15.2. The Hall–Kier alpha value is -1.55. The number of hydrogen-bond acceptors (Lipinski definition) is 2. The van der Waals surface area contributed by atoms with Gasteiger partial charge in [0.25, 0.3) is 0 Å². The van der Waals surface area contributed by atoms with Crippen molar-refractivity contribution in [3.63, 3.8) is 0 Å². The van der Waals surface area contributed by atoms with Crippen molar-refractivity contribution in [2.75, 3.05) is 7.05 Å². The van der Waals surface area contributed by atoms with Crippen LogP contribution in [-0.2, 0) is 6.54 Å². The molecule has 2 aromatic rings. The molecular formula is C17H28N4. The third-order valence-electron chi connectivity index (χ3n) is 4.26. The molecule has 2 rings (SSSR count). The molecule has 0 bridgehead atoms. The SMILES string of the molecule is CCC(NC)c1ccn(Cc2ccn(C(CC)CC)n2)c1. The number of rotatable bonds is 8. The van der Waals surface area contributed by atoms with Crippen molar-refractivity contribution in [3.8, 4) is 0 Å². The van der Waals surface area contributed by atoms with Gasteiger partial charge in [-0.2, -0.15) is 5.10 Å². The number of nitrogens with one attached hydrogen (secondary N) is 1. The van der Waals surface area contributed by atoms with E-state index in [4.69, 9.17) is 5.10 Å². The average Bonchev–Trinajstić information content (AvgIpc) is 3.13. The summed E-state index contributed by atoms with van der Waals surface area (Å²) in [5.41, 5.74) is 2.47. The highest BCUT2D eigenvalue weighted by atomic mass is 15.3. The van der Waals surface area contributed by atoms with Crippen molar-refractivity contribution >= 4 is 0 Å². The maximum Gasteiger partial charge on any atom is 0.0821 e. The molecule has 21 heavy (non-hydrogen) atoms. The second-order valence-corrected chi connectivity index (χ2v) is 5.62. The second kappa shape index (κ2) is 7.46. The summed E-state index contributed by atoms with van der Waals surface area (Å²) in [4.78, 5) is 0. The zero-order valence-electron chi connectivity index (χ0n) is 13.7. The molecule has 1 unspecified atom stereocenters. The van der Waals surface area contributed by atoms with Crippen LogP contribution in [0.25, 0.3) is 0 Å². The summed E-state index contributed by atoms with van der Waals surface area (Å²) in [7, 11) is 2.02. The van der Waals surface area contributed by atoms with Crippen LogP contribution in [0.15, 0.2) is 30.7 Å². The third-order valence-corrected chi connectivity index (χ3v) is 4.26. The molecule has 2 aromatic heterocycles. The fourth-order valence-corrected chi connectivity index (χ4v) is 2.89. The quantitative estimate of drug-likeness (QED) is 0.802. The lowest BCUT2D eigenvalue weighted by Gasteiger charge is -2.12. The van der Waals surface area contributed by atoms with Gasteiger partial charge in [-0.25, -0.2) is 0 Å². The van der Waals surface area contributed by atoms with Crippen LogP contribution in [0.4, 0.5) is 0 Å². The van der Waals surface area contributed by atoms with Crippen LogP contribution in [0, 0.1) is 0 Å². The molecule has 0 saturated carbocycles. The molecule has 1 atom stereocenters. The summed E-state index contributed by atoms with van der Waals surface area (Å²) in [6, 6.07) is 5.29. The van der Waals surface area contributed by atoms with Crippen LogP contribution in [0.3, 0.4) is 0 Å². The fraction of sp³-hybridized carbons (Fsp3) is 0.588. The molecule has 0 spiro atoms. The predicted molar refractivity (Wildman–Crippen MR) is 87.5 cm³/mol. The van der Waals surface area contributed by atoms with Gasteiger partial charge in [0.05, 0.1) is 18.3 Å². The lowest BCUT2D eigenvalue weighted by Crippen LogP contribution is -2.14. The summed E-state index contributed by atoms with van der Waals surface area (Å²) >= 11 is 0. The van der Waals surface area contributed by atoms with E-state index in [2.05, 4.69) is 66.1 Å². The molecule has 4 heteroatoms. The maximum atomic E-state index is 4.72. The van der Waals surface area contributed by atoms with E-state index in [1.807, 2.05) is 7.05 Å². The molecular weight excluding hydrogens is 260 g/mol. The van der Waals surface area contributed by atoms with Crippen LogP contribution in [0.1, 0.15) is 63.4 Å². The van der Waals surface area contributed by atoms with Gasteiger partial charge >= 0.3 is 0 Å². The van der Waals surface area contributed by atoms with E-state index < -0.39 is 0 Å². The first-order chi connectivity index (χ1) is 10.2. The van der Waals surface area contributed by atoms with Crippen LogP contribution in [0.2, 0.25) is 0 Å². The summed E-state index contributed by atoms with van der Waals surface area (Å²) < 4.78 is 4.33. The lowest BCUT2D eigenvalue weighted by atomic mass is 10.1. The first kappa shape index (κ1) is 15.8. The van der Waals surface area contributed by atoms with E-state index >= 15 is 0 Å². The molecule has 4 nitrogen and oxygen atoms in total. The van der Waals surface area contributed by atoms with Gasteiger partial charge in [0.1, 0.15) is 0 Å². The van der Waals surface area contributed by atoms with Crippen molar-refractivity contribution in [2.45, 2.75) is 58.7 Å². The van der Waals surface area contributed by atoms with Crippen LogP contribution < -0.4 is 5.32 Å². The molecule has 0 aliphatic heterocycles. The Morgan fingerprint density at radius 3 is 2.48 bits per heavy atom. The summed E-state index contributed by atoms with van der Waals surface area (Å²) in [5.74, 6) is 0. The summed E-state index contributed by atoms with van der Waals surface area (Å²) in [6.07, 6.45) is 9.84. The van der Waals surface area contributed by atoms with Crippen molar-refractivity contribution in [2.24, 2.45) is 0 Å². The van der Waals surface area contributed by atoms with Gasteiger partial charge in [0.2, 0.25) is 0 Å². The van der Waals surface area contributed by atoms with Crippen molar-refractivity contribution in [1.82, 2.24) is 19.7 Å². The standard InChI is InChI=1S/C17H28N4/c1-5-16(6-2)21-11-9-15(19-21)13-20-10-8-14(12-20)17(7-3)18-4/h8-12,16-18H,5-7,13H2,1-4H3. The van der Waals surface area contributed by atoms with E-state index in [0.29, 0.717) is 12.1 Å². The maximum absolute atomic E-state index is 4.72. The molecule has 116 valence electrons. The smallest absolute Gasteiger partial charge is 0.0821 e. The van der Waals surface area contributed by atoms with E-state index in [-0.39, 0.29) is 0 Å². The first-order valence-corrected chi connectivity index (χ1v) is 8.08. The van der Waals surface area contributed by atoms with Gasteiger partial charge < -0.3 is 9.88 Å². The Kier molecular flexibility index (Phi) is 5.62. The topological polar surface area (TPSA) is 34.8 Å². The Morgan fingerprint density at radius 2 is 1.86 bits per heavy atom. The molecule has 0 radical (unpaired) electrons. The molecule has 2 heterocycles. The highest BCUT2D eigenvalue weighted by Crippen LogP contribution is 2.18. The Balaban J connectivity index is 2.05. The minimum atomic E-state index is 0.438. The number of hydrogen-bond donors (Lipinski definition) is 1. The fourth-order valence-electron chi connectivity index (χ4n) is 2.89. The lowest BCUT2D eigenvalue weighted by molar-refractivity contribution is 0.424. The highest BCUT2D eigenvalue weighted by Gasteiger charge is 2.10. The molecule has 1 N–H and O–H groups in total. The zero-order valence-corrected chi connectivity index (χ0v) is 13.7. The monoisotopic (exact) mass is 288 g/mol. The normalized spacial score (nSPS) is 13.0. The van der Waals surface area contributed by atoms with E-state index in [1.165, 1.54) is 5.56 Å². The largest absolute Gasteiger partial charge is 0.348 e. The van der Waals surface area contributed by atoms with Crippen molar-refractivity contribution in [1.29, 1.82) is 0 Å². The third kappa shape index (κ3) is 3.76. The Morgan fingerprint density at radius 1 is 1.10 bits per heavy atom. The van der Waals surface area contributed by atoms with E-state index in [9.17, 15) is 0 Å². The van der Waals surface area contributed by atoms with Crippen molar-refractivity contribution < 1.29 is 0 Å². The molecule has 0 aliphatic carbocycles. The molecule has 0 amide bonds. The van der Waals surface area contributed by atoms with Gasteiger partial charge in [-0.3, -0.25) is 4.68 Å². The minimum absolute atomic E-state index is 0.438. The van der Waals surface area contributed by atoms with Crippen molar-refractivity contribution in [3.05, 3.63) is 42.0 Å². The first-order valence-electron chi connectivity index (χ1n) is 8.08. The van der Waals surface area contributed by atoms with Gasteiger partial charge in [-0.1, -0.05) is 20.8 Å². The minimum Gasteiger partial charge on any atom is -0.348 e. The Labute approximate surface area is 128 Å². The van der Waals surface area contributed by atoms with Crippen LogP contribution in [0.5, 0.6) is 0 Å². The van der Waals surface area contributed by atoms with Crippen LogP contribution >= 0.6 is 0 Å². The molecule has 0 aromatic carbocycles. The van der Waals surface area contributed by atoms with Crippen LogP contribution in [-0.4, -0.2) is 21.4 Å². The number of aromatic nitrogens is 3. The number of nitrogens with zero attached hydrogens (tertiary/aromatic N) is 3. The molecule has 0 fully saturated rings. The van der Waals surface area contributed by atoms with E-state index in [1.54, 1.807) is 0 Å². The summed E-state index contributed by atoms with van der Waals surface area (Å²) in [5, 5.41) is 8.07. The summed E-state index contributed by atoms with van der Waals surface area (Å²) in [6.45, 7) is 7.48. The van der Waals surface area contributed by atoms with Gasteiger partial charge in [0, 0.05) is 24.6 Å². The van der Waals surface area contributed by atoms with Gasteiger partial charge in [-0.05, 0) is 44.0 Å². The molecule has 0 saturated heterocycles. The predicted octanol–water partition coefficient (Wildman–Crippen LogP) is 3.76. The van der Waals surface area contributed by atoms with Gasteiger partial charge in [-0.15, -0.1) is 0 Å². The van der Waals surface area contributed by atoms with E-state index in [0.717, 1.165) is 31.5 Å².